The van der Waals surface area contributed by atoms with Gasteiger partial charge in [-0.25, -0.2) is 4.79 Å². The molecule has 4 nitrogen and oxygen atoms in total. The third-order valence-corrected chi connectivity index (χ3v) is 3.72. The van der Waals surface area contributed by atoms with Gasteiger partial charge in [0.05, 0.1) is 7.11 Å². The van der Waals surface area contributed by atoms with Gasteiger partial charge >= 0.3 is 5.97 Å². The highest BCUT2D eigenvalue weighted by atomic mass is 79.9. The Morgan fingerprint density at radius 1 is 1.32 bits per heavy atom. The summed E-state index contributed by atoms with van der Waals surface area (Å²) in [5, 5.41) is 2.70. The first-order valence-corrected chi connectivity index (χ1v) is 6.81. The molecule has 104 valence electrons. The smallest absolute Gasteiger partial charge is 0.328 e. The number of hydrogen-bond donors (Lipinski definition) is 1. The van der Waals surface area contributed by atoms with Crippen molar-refractivity contribution in [2.24, 2.45) is 5.92 Å². The van der Waals surface area contributed by atoms with Crippen molar-refractivity contribution in [2.75, 3.05) is 7.11 Å². The maximum Gasteiger partial charge on any atom is 0.328 e. The summed E-state index contributed by atoms with van der Waals surface area (Å²) >= 11 is 3.38. The first-order chi connectivity index (χ1) is 8.86. The van der Waals surface area contributed by atoms with E-state index in [9.17, 15) is 9.59 Å². The Bertz CT molecular complexity index is 486. The third-order valence-electron chi connectivity index (χ3n) is 2.83. The Morgan fingerprint density at radius 2 is 1.95 bits per heavy atom. The number of benzene rings is 1. The van der Waals surface area contributed by atoms with E-state index < -0.39 is 12.0 Å². The lowest BCUT2D eigenvalue weighted by Gasteiger charge is -2.19. The van der Waals surface area contributed by atoms with Crippen molar-refractivity contribution in [3.05, 3.63) is 33.8 Å². The van der Waals surface area contributed by atoms with Crippen molar-refractivity contribution < 1.29 is 14.3 Å². The van der Waals surface area contributed by atoms with Crippen LogP contribution in [-0.4, -0.2) is 25.0 Å². The minimum absolute atomic E-state index is 0.0343. The fourth-order valence-corrected chi connectivity index (χ4v) is 1.88. The summed E-state index contributed by atoms with van der Waals surface area (Å²) in [6.07, 6.45) is 0. The Hall–Kier alpha value is -1.36. The van der Waals surface area contributed by atoms with Crippen molar-refractivity contribution >= 4 is 27.8 Å². The van der Waals surface area contributed by atoms with Crippen LogP contribution in [0.1, 0.15) is 29.8 Å². The second-order valence-corrected chi connectivity index (χ2v) is 5.54. The summed E-state index contributed by atoms with van der Waals surface area (Å²) in [6.45, 7) is 5.62. The molecule has 0 spiro atoms. The molecule has 1 aromatic carbocycles. The van der Waals surface area contributed by atoms with E-state index in [0.29, 0.717) is 5.56 Å². The summed E-state index contributed by atoms with van der Waals surface area (Å²) in [4.78, 5) is 23.7. The van der Waals surface area contributed by atoms with Gasteiger partial charge in [-0.2, -0.15) is 0 Å². The molecule has 1 aromatic rings. The summed E-state index contributed by atoms with van der Waals surface area (Å²) in [5.74, 6) is -0.746. The minimum Gasteiger partial charge on any atom is -0.467 e. The molecule has 1 N–H and O–H groups in total. The molecule has 0 fully saturated rings. The molecule has 1 amide bonds. The number of nitrogens with one attached hydrogen (secondary N) is 1. The Morgan fingerprint density at radius 3 is 2.42 bits per heavy atom. The van der Waals surface area contributed by atoms with Crippen molar-refractivity contribution in [3.63, 3.8) is 0 Å². The maximum absolute atomic E-state index is 12.1. The monoisotopic (exact) mass is 327 g/mol. The summed E-state index contributed by atoms with van der Waals surface area (Å²) in [7, 11) is 1.31. The molecule has 5 heteroatoms. The summed E-state index contributed by atoms with van der Waals surface area (Å²) in [5.41, 5.74) is 1.49. The van der Waals surface area contributed by atoms with Crippen molar-refractivity contribution in [3.8, 4) is 0 Å². The van der Waals surface area contributed by atoms with Crippen LogP contribution in [0.5, 0.6) is 0 Å². The van der Waals surface area contributed by atoms with Gasteiger partial charge in [0.2, 0.25) is 0 Å². The van der Waals surface area contributed by atoms with Crippen LogP contribution in [0.2, 0.25) is 0 Å². The molecular formula is C14H18BrNO3. The highest BCUT2D eigenvalue weighted by Gasteiger charge is 2.25. The van der Waals surface area contributed by atoms with Gasteiger partial charge in [-0.15, -0.1) is 0 Å². The number of aryl methyl sites for hydroxylation is 1. The lowest BCUT2D eigenvalue weighted by molar-refractivity contribution is -0.144. The number of hydrogen-bond acceptors (Lipinski definition) is 3. The van der Waals surface area contributed by atoms with Gasteiger partial charge in [0.15, 0.2) is 0 Å². The van der Waals surface area contributed by atoms with E-state index in [2.05, 4.69) is 21.2 Å². The molecule has 0 aliphatic rings. The zero-order chi connectivity index (χ0) is 14.6. The maximum atomic E-state index is 12.1. The van der Waals surface area contributed by atoms with Gasteiger partial charge < -0.3 is 10.1 Å². The van der Waals surface area contributed by atoms with Gasteiger partial charge in [-0.1, -0.05) is 29.8 Å². The first kappa shape index (κ1) is 15.7. The van der Waals surface area contributed by atoms with Gasteiger partial charge in [-0.3, -0.25) is 4.79 Å². The van der Waals surface area contributed by atoms with E-state index in [4.69, 9.17) is 4.74 Å². The van der Waals surface area contributed by atoms with Crippen LogP contribution >= 0.6 is 15.9 Å². The predicted octanol–water partition coefficient (Wildman–Crippen LogP) is 2.68. The highest BCUT2D eigenvalue weighted by Crippen LogP contribution is 2.17. The number of carbonyl (C=O) groups excluding carboxylic acids is 2. The van der Waals surface area contributed by atoms with E-state index in [-0.39, 0.29) is 11.8 Å². The second-order valence-electron chi connectivity index (χ2n) is 4.68. The minimum atomic E-state index is -0.638. The molecule has 19 heavy (non-hydrogen) atoms. The Kier molecular flexibility index (Phi) is 5.54. The molecule has 1 unspecified atom stereocenters. The summed E-state index contributed by atoms with van der Waals surface area (Å²) < 4.78 is 5.63. The molecule has 0 radical (unpaired) electrons. The van der Waals surface area contributed by atoms with Crippen LogP contribution in [0.4, 0.5) is 0 Å². The quantitative estimate of drug-likeness (QED) is 0.865. The molecule has 0 saturated heterocycles. The first-order valence-electron chi connectivity index (χ1n) is 6.01. The normalized spacial score (nSPS) is 12.1. The van der Waals surface area contributed by atoms with E-state index in [1.54, 1.807) is 12.1 Å². The van der Waals surface area contributed by atoms with Crippen LogP contribution < -0.4 is 5.32 Å². The van der Waals surface area contributed by atoms with E-state index in [1.165, 1.54) is 7.11 Å². The molecule has 1 rings (SSSR count). The van der Waals surface area contributed by atoms with Gasteiger partial charge in [0, 0.05) is 10.0 Å². The molecule has 0 aliphatic heterocycles. The van der Waals surface area contributed by atoms with Crippen LogP contribution in [0.25, 0.3) is 0 Å². The Balaban J connectivity index is 2.87. The Labute approximate surface area is 121 Å². The number of carbonyl (C=O) groups is 2. The number of rotatable bonds is 4. The fraction of sp³-hybridized carbons (Fsp3) is 0.429. The number of ether oxygens (including phenoxy) is 1. The molecule has 0 aromatic heterocycles. The molecule has 0 heterocycles. The standard InChI is InChI=1S/C14H18BrNO3/c1-8(2)12(14(18)19-4)16-13(17)10-5-6-11(15)9(3)7-10/h5-8,12H,1-4H3,(H,16,17). The predicted molar refractivity (Wildman–Crippen MR) is 77.0 cm³/mol. The topological polar surface area (TPSA) is 55.4 Å². The van der Waals surface area contributed by atoms with Crippen molar-refractivity contribution in [2.45, 2.75) is 26.8 Å². The third kappa shape index (κ3) is 4.06. The largest absolute Gasteiger partial charge is 0.467 e. The van der Waals surface area contributed by atoms with Crippen LogP contribution in [0, 0.1) is 12.8 Å². The average Bonchev–Trinajstić information content (AvgIpc) is 2.37. The van der Waals surface area contributed by atoms with E-state index in [1.807, 2.05) is 26.8 Å². The molecule has 1 atom stereocenters. The van der Waals surface area contributed by atoms with Gasteiger partial charge in [-0.05, 0) is 36.6 Å². The lowest BCUT2D eigenvalue weighted by atomic mass is 10.0. The zero-order valence-electron chi connectivity index (χ0n) is 11.5. The molecule has 0 bridgehead atoms. The van der Waals surface area contributed by atoms with Crippen LogP contribution in [-0.2, 0) is 9.53 Å². The average molecular weight is 328 g/mol. The van der Waals surface area contributed by atoms with Crippen LogP contribution in [0.15, 0.2) is 22.7 Å². The second kappa shape index (κ2) is 6.70. The number of esters is 1. The lowest BCUT2D eigenvalue weighted by Crippen LogP contribution is -2.45. The number of halogens is 1. The van der Waals surface area contributed by atoms with Gasteiger partial charge in [0.25, 0.3) is 5.91 Å². The van der Waals surface area contributed by atoms with Crippen molar-refractivity contribution in [1.82, 2.24) is 5.32 Å². The molecule has 0 saturated carbocycles. The van der Waals surface area contributed by atoms with Gasteiger partial charge in [0.1, 0.15) is 6.04 Å². The van der Waals surface area contributed by atoms with Crippen molar-refractivity contribution in [1.29, 1.82) is 0 Å². The molecular weight excluding hydrogens is 310 g/mol. The zero-order valence-corrected chi connectivity index (χ0v) is 13.1. The number of amides is 1. The van der Waals surface area contributed by atoms with Crippen LogP contribution in [0.3, 0.4) is 0 Å². The van der Waals surface area contributed by atoms with E-state index >= 15 is 0 Å². The highest BCUT2D eigenvalue weighted by molar-refractivity contribution is 9.10. The SMILES string of the molecule is COC(=O)C(NC(=O)c1ccc(Br)c(C)c1)C(C)C. The number of methoxy groups -OCH3 is 1. The summed E-state index contributed by atoms with van der Waals surface area (Å²) in [6, 6.07) is 4.66. The van der Waals surface area contributed by atoms with E-state index in [0.717, 1.165) is 10.0 Å². The fourth-order valence-electron chi connectivity index (χ4n) is 1.64. The molecule has 0 aliphatic carbocycles.